The third-order valence-corrected chi connectivity index (χ3v) is 3.88. The number of halogens is 1. The highest BCUT2D eigenvalue weighted by molar-refractivity contribution is 7.92. The van der Waals surface area contributed by atoms with Gasteiger partial charge < -0.3 is 5.32 Å². The van der Waals surface area contributed by atoms with Crippen LogP contribution in [0.3, 0.4) is 0 Å². The maximum atomic E-state index is 12.1. The van der Waals surface area contributed by atoms with E-state index < -0.39 is 10.0 Å². The van der Waals surface area contributed by atoms with Gasteiger partial charge in [-0.3, -0.25) is 9.71 Å². The lowest BCUT2D eigenvalue weighted by molar-refractivity contribution is 0.600. The molecule has 0 saturated heterocycles. The van der Waals surface area contributed by atoms with Crippen molar-refractivity contribution >= 4 is 33.3 Å². The summed E-state index contributed by atoms with van der Waals surface area (Å²) in [6, 6.07) is 1.32. The topological polar surface area (TPSA) is 96.9 Å². The van der Waals surface area contributed by atoms with Gasteiger partial charge in [0, 0.05) is 25.1 Å². The zero-order valence-corrected chi connectivity index (χ0v) is 12.1. The van der Waals surface area contributed by atoms with Crippen LogP contribution in [0.15, 0.2) is 35.7 Å². The van der Waals surface area contributed by atoms with Crippen LogP contribution in [0.5, 0.6) is 0 Å². The summed E-state index contributed by atoms with van der Waals surface area (Å²) in [4.78, 5) is 11.5. The van der Waals surface area contributed by atoms with Gasteiger partial charge in [-0.1, -0.05) is 11.6 Å². The van der Waals surface area contributed by atoms with Gasteiger partial charge in [-0.25, -0.2) is 18.4 Å². The van der Waals surface area contributed by atoms with Gasteiger partial charge in [-0.15, -0.1) is 0 Å². The second-order valence-electron chi connectivity index (χ2n) is 3.73. The average Bonchev–Trinajstić information content (AvgIpc) is 2.42. The molecule has 0 saturated carbocycles. The minimum Gasteiger partial charge on any atom is -0.369 e. The van der Waals surface area contributed by atoms with E-state index >= 15 is 0 Å². The van der Waals surface area contributed by atoms with E-state index in [-0.39, 0.29) is 15.7 Å². The molecule has 2 N–H and O–H groups in total. The third-order valence-electron chi connectivity index (χ3n) is 2.27. The minimum absolute atomic E-state index is 0.0465. The second kappa shape index (κ2) is 6.02. The fourth-order valence-electron chi connectivity index (χ4n) is 1.41. The van der Waals surface area contributed by atoms with Crippen LogP contribution in [0.25, 0.3) is 0 Å². The monoisotopic (exact) mass is 313 g/mol. The summed E-state index contributed by atoms with van der Waals surface area (Å²) in [6.07, 6.45) is 5.36. The molecular formula is C11H12ClN5O2S. The predicted molar refractivity (Wildman–Crippen MR) is 76.3 cm³/mol. The summed E-state index contributed by atoms with van der Waals surface area (Å²) in [5.41, 5.74) is 0. The summed E-state index contributed by atoms with van der Waals surface area (Å²) >= 11 is 5.97. The lowest BCUT2D eigenvalue weighted by atomic mass is 10.4. The Morgan fingerprint density at radius 3 is 2.65 bits per heavy atom. The highest BCUT2D eigenvalue weighted by Crippen LogP contribution is 2.23. The van der Waals surface area contributed by atoms with Crippen molar-refractivity contribution in [2.75, 3.05) is 16.6 Å². The van der Waals surface area contributed by atoms with E-state index in [2.05, 4.69) is 25.0 Å². The predicted octanol–water partition coefficient (Wildman–Crippen LogP) is 1.76. The normalized spacial score (nSPS) is 11.1. The first-order valence-corrected chi connectivity index (χ1v) is 7.57. The van der Waals surface area contributed by atoms with E-state index in [0.717, 1.165) is 0 Å². The van der Waals surface area contributed by atoms with E-state index in [4.69, 9.17) is 11.6 Å². The Bertz CT molecular complexity index is 693. The summed E-state index contributed by atoms with van der Waals surface area (Å²) in [5, 5.41) is 3.15. The van der Waals surface area contributed by atoms with E-state index in [1.54, 1.807) is 0 Å². The van der Waals surface area contributed by atoms with Crippen molar-refractivity contribution in [1.82, 2.24) is 15.0 Å². The van der Waals surface area contributed by atoms with Crippen LogP contribution >= 0.6 is 11.6 Å². The summed E-state index contributed by atoms with van der Waals surface area (Å²) in [7, 11) is -3.79. The molecule has 0 atom stereocenters. The van der Waals surface area contributed by atoms with Crippen LogP contribution in [-0.2, 0) is 10.0 Å². The number of rotatable bonds is 5. The van der Waals surface area contributed by atoms with Gasteiger partial charge in [0.1, 0.15) is 10.7 Å². The molecule has 2 aromatic heterocycles. The van der Waals surface area contributed by atoms with Gasteiger partial charge in [0.25, 0.3) is 10.0 Å². The van der Waals surface area contributed by atoms with Crippen LogP contribution in [0.2, 0.25) is 5.02 Å². The molecule has 0 unspecified atom stereocenters. The van der Waals surface area contributed by atoms with E-state index in [9.17, 15) is 8.42 Å². The van der Waals surface area contributed by atoms with Crippen molar-refractivity contribution < 1.29 is 8.42 Å². The highest BCUT2D eigenvalue weighted by Gasteiger charge is 2.17. The van der Waals surface area contributed by atoms with Crippen molar-refractivity contribution in [2.45, 2.75) is 11.8 Å². The Labute approximate surface area is 121 Å². The second-order valence-corrected chi connectivity index (χ2v) is 5.82. The SMILES string of the molecule is CCNc1ncc(S(=O)(=O)Nc2cnccn2)cc1Cl. The quantitative estimate of drug-likeness (QED) is 0.873. The molecule has 9 heteroatoms. The molecule has 0 aromatic carbocycles. The lowest BCUT2D eigenvalue weighted by Gasteiger charge is -2.09. The first-order valence-electron chi connectivity index (χ1n) is 5.71. The largest absolute Gasteiger partial charge is 0.369 e. The Morgan fingerprint density at radius 2 is 2.05 bits per heavy atom. The molecule has 0 aliphatic carbocycles. The Morgan fingerprint density at radius 1 is 1.25 bits per heavy atom. The maximum absolute atomic E-state index is 12.1. The van der Waals surface area contributed by atoms with Gasteiger partial charge in [-0.05, 0) is 13.0 Å². The molecule has 0 fully saturated rings. The molecule has 0 bridgehead atoms. The van der Waals surface area contributed by atoms with Crippen molar-refractivity contribution in [3.63, 3.8) is 0 Å². The number of hydrogen-bond donors (Lipinski definition) is 2. The molecule has 0 spiro atoms. The third kappa shape index (κ3) is 3.34. The summed E-state index contributed by atoms with van der Waals surface area (Å²) < 4.78 is 26.5. The average molecular weight is 314 g/mol. The Kier molecular flexibility index (Phi) is 4.35. The number of nitrogens with one attached hydrogen (secondary N) is 2. The fraction of sp³-hybridized carbons (Fsp3) is 0.182. The van der Waals surface area contributed by atoms with Gasteiger partial charge >= 0.3 is 0 Å². The molecule has 2 aromatic rings. The van der Waals surface area contributed by atoms with Crippen molar-refractivity contribution in [2.24, 2.45) is 0 Å². The van der Waals surface area contributed by atoms with Gasteiger partial charge in [-0.2, -0.15) is 0 Å². The minimum atomic E-state index is -3.79. The molecule has 0 aliphatic rings. The Balaban J connectivity index is 2.28. The number of nitrogens with zero attached hydrogens (tertiary/aromatic N) is 3. The van der Waals surface area contributed by atoms with Crippen LogP contribution in [0, 0.1) is 0 Å². The van der Waals surface area contributed by atoms with E-state index in [0.29, 0.717) is 12.4 Å². The van der Waals surface area contributed by atoms with Crippen LogP contribution < -0.4 is 10.0 Å². The van der Waals surface area contributed by atoms with Crippen molar-refractivity contribution in [3.05, 3.63) is 35.9 Å². The molecular weight excluding hydrogens is 302 g/mol. The van der Waals surface area contributed by atoms with Crippen LogP contribution in [0.1, 0.15) is 6.92 Å². The zero-order valence-electron chi connectivity index (χ0n) is 10.5. The molecule has 2 rings (SSSR count). The van der Waals surface area contributed by atoms with Crippen molar-refractivity contribution in [1.29, 1.82) is 0 Å². The lowest BCUT2D eigenvalue weighted by Crippen LogP contribution is -2.14. The maximum Gasteiger partial charge on any atom is 0.264 e. The zero-order chi connectivity index (χ0) is 14.6. The molecule has 0 radical (unpaired) electrons. The number of aromatic nitrogens is 3. The van der Waals surface area contributed by atoms with Gasteiger partial charge in [0.2, 0.25) is 0 Å². The van der Waals surface area contributed by atoms with Crippen LogP contribution in [0.4, 0.5) is 11.6 Å². The first-order chi connectivity index (χ1) is 9.53. The first kappa shape index (κ1) is 14.5. The Hall–Kier alpha value is -1.93. The summed E-state index contributed by atoms with van der Waals surface area (Å²) in [5.74, 6) is 0.562. The molecule has 2 heterocycles. The van der Waals surface area contributed by atoms with Crippen molar-refractivity contribution in [3.8, 4) is 0 Å². The molecule has 7 nitrogen and oxygen atoms in total. The number of hydrogen-bond acceptors (Lipinski definition) is 6. The smallest absolute Gasteiger partial charge is 0.264 e. The number of sulfonamides is 1. The van der Waals surface area contributed by atoms with Gasteiger partial charge in [0.05, 0.1) is 11.2 Å². The number of anilines is 2. The molecule has 20 heavy (non-hydrogen) atoms. The standard InChI is InChI=1S/C11H12ClN5O2S/c1-2-14-11-9(12)5-8(6-16-11)20(18,19)17-10-7-13-3-4-15-10/h3-7H,2H2,1H3,(H,14,16)(H,15,17). The number of pyridine rings is 1. The molecule has 0 amide bonds. The van der Waals surface area contributed by atoms with Gasteiger partial charge in [0.15, 0.2) is 5.82 Å². The molecule has 106 valence electrons. The van der Waals surface area contributed by atoms with E-state index in [1.165, 1.54) is 30.9 Å². The van der Waals surface area contributed by atoms with Crippen LogP contribution in [-0.4, -0.2) is 29.9 Å². The van der Waals surface area contributed by atoms with E-state index in [1.807, 2.05) is 6.92 Å². The fourth-order valence-corrected chi connectivity index (χ4v) is 2.67. The summed E-state index contributed by atoms with van der Waals surface area (Å²) in [6.45, 7) is 2.52. The highest BCUT2D eigenvalue weighted by atomic mass is 35.5. The molecule has 0 aliphatic heterocycles.